The smallest absolute Gasteiger partial charge is 0.0379 e. The minimum Gasteiger partial charge on any atom is -0.310 e. The van der Waals surface area contributed by atoms with Crippen LogP contribution in [-0.2, 0) is 0 Å². The first-order valence-corrected chi connectivity index (χ1v) is 5.86. The van der Waals surface area contributed by atoms with E-state index in [-0.39, 0.29) is 0 Å². The summed E-state index contributed by atoms with van der Waals surface area (Å²) in [7, 11) is 0. The molecule has 2 heteroatoms. The van der Waals surface area contributed by atoms with Crippen molar-refractivity contribution in [3.8, 4) is 0 Å². The maximum absolute atomic E-state index is 4.40. The highest BCUT2D eigenvalue weighted by Gasteiger charge is 2.08. The van der Waals surface area contributed by atoms with Crippen LogP contribution in [0.5, 0.6) is 0 Å². The third kappa shape index (κ3) is 3.63. The van der Waals surface area contributed by atoms with Crippen LogP contribution in [0.15, 0.2) is 12.1 Å². The average molecular weight is 206 g/mol. The Morgan fingerprint density at radius 1 is 1.20 bits per heavy atom. The van der Waals surface area contributed by atoms with Gasteiger partial charge in [0.2, 0.25) is 0 Å². The normalized spacial score (nSPS) is 12.8. The molecule has 0 spiro atoms. The fourth-order valence-electron chi connectivity index (χ4n) is 1.88. The molecular weight excluding hydrogens is 184 g/mol. The summed E-state index contributed by atoms with van der Waals surface area (Å²) in [6.07, 6.45) is 2.31. The molecule has 0 aliphatic carbocycles. The highest BCUT2D eigenvalue weighted by atomic mass is 14.9. The monoisotopic (exact) mass is 206 g/mol. The Bertz CT molecular complexity index is 287. The van der Waals surface area contributed by atoms with Crippen molar-refractivity contribution in [1.29, 1.82) is 0 Å². The molecule has 0 radical (unpaired) electrons. The van der Waals surface area contributed by atoms with Gasteiger partial charge in [0.05, 0.1) is 0 Å². The van der Waals surface area contributed by atoms with Crippen LogP contribution < -0.4 is 5.32 Å². The molecule has 0 aliphatic heterocycles. The number of rotatable bonds is 5. The quantitative estimate of drug-likeness (QED) is 0.800. The number of hydrogen-bond acceptors (Lipinski definition) is 2. The van der Waals surface area contributed by atoms with E-state index >= 15 is 0 Å². The molecular formula is C13H22N2. The van der Waals surface area contributed by atoms with Crippen molar-refractivity contribution in [2.75, 3.05) is 6.54 Å². The summed E-state index contributed by atoms with van der Waals surface area (Å²) in [6.45, 7) is 9.62. The summed E-state index contributed by atoms with van der Waals surface area (Å²) in [4.78, 5) is 4.40. The lowest BCUT2D eigenvalue weighted by Crippen LogP contribution is -2.21. The molecule has 0 fully saturated rings. The van der Waals surface area contributed by atoms with Gasteiger partial charge in [-0.25, -0.2) is 0 Å². The van der Waals surface area contributed by atoms with Gasteiger partial charge in [-0.3, -0.25) is 4.98 Å². The van der Waals surface area contributed by atoms with E-state index in [1.165, 1.54) is 12.0 Å². The first kappa shape index (κ1) is 12.2. The fraction of sp³-hybridized carbons (Fsp3) is 0.615. The second-order valence-corrected chi connectivity index (χ2v) is 4.10. The standard InChI is InChI=1S/C13H22N2/c1-5-7-14-13(6-2)12-8-10(3)15-11(4)9-12/h8-9,13-14H,5-7H2,1-4H3. The molecule has 0 aromatic carbocycles. The van der Waals surface area contributed by atoms with Gasteiger partial charge in [0.1, 0.15) is 0 Å². The zero-order valence-corrected chi connectivity index (χ0v) is 10.3. The summed E-state index contributed by atoms with van der Waals surface area (Å²) in [6, 6.07) is 4.85. The summed E-state index contributed by atoms with van der Waals surface area (Å²) in [5, 5.41) is 3.56. The third-order valence-electron chi connectivity index (χ3n) is 2.56. The Balaban J connectivity index is 2.81. The van der Waals surface area contributed by atoms with Crippen LogP contribution in [0.25, 0.3) is 0 Å². The zero-order valence-electron chi connectivity index (χ0n) is 10.3. The van der Waals surface area contributed by atoms with Gasteiger partial charge in [0.15, 0.2) is 0 Å². The Hall–Kier alpha value is -0.890. The van der Waals surface area contributed by atoms with Crippen molar-refractivity contribution in [3.63, 3.8) is 0 Å². The van der Waals surface area contributed by atoms with Crippen LogP contribution in [0.3, 0.4) is 0 Å². The molecule has 1 aromatic rings. The molecule has 2 nitrogen and oxygen atoms in total. The molecule has 0 aliphatic rings. The van der Waals surface area contributed by atoms with Crippen molar-refractivity contribution < 1.29 is 0 Å². The van der Waals surface area contributed by atoms with Crippen molar-refractivity contribution >= 4 is 0 Å². The van der Waals surface area contributed by atoms with E-state index in [0.29, 0.717) is 6.04 Å². The fourth-order valence-corrected chi connectivity index (χ4v) is 1.88. The third-order valence-corrected chi connectivity index (χ3v) is 2.56. The van der Waals surface area contributed by atoms with E-state index in [1.807, 2.05) is 0 Å². The van der Waals surface area contributed by atoms with Crippen LogP contribution in [0, 0.1) is 13.8 Å². The van der Waals surface area contributed by atoms with Crippen molar-refractivity contribution in [2.24, 2.45) is 0 Å². The number of aromatic nitrogens is 1. The first-order chi connectivity index (χ1) is 7.17. The first-order valence-electron chi connectivity index (χ1n) is 5.86. The van der Waals surface area contributed by atoms with Gasteiger partial charge >= 0.3 is 0 Å². The molecule has 1 N–H and O–H groups in total. The van der Waals surface area contributed by atoms with Gasteiger partial charge < -0.3 is 5.32 Å². The van der Waals surface area contributed by atoms with Crippen LogP contribution in [0.4, 0.5) is 0 Å². The lowest BCUT2D eigenvalue weighted by Gasteiger charge is -2.17. The van der Waals surface area contributed by atoms with E-state index in [9.17, 15) is 0 Å². The van der Waals surface area contributed by atoms with Crippen LogP contribution in [0.2, 0.25) is 0 Å². The molecule has 1 heterocycles. The molecule has 1 unspecified atom stereocenters. The molecule has 0 bridgehead atoms. The number of nitrogens with zero attached hydrogens (tertiary/aromatic N) is 1. The molecule has 15 heavy (non-hydrogen) atoms. The van der Waals surface area contributed by atoms with Gasteiger partial charge in [-0.1, -0.05) is 13.8 Å². The van der Waals surface area contributed by atoms with E-state index in [0.717, 1.165) is 24.4 Å². The summed E-state index contributed by atoms with van der Waals surface area (Å²) >= 11 is 0. The highest BCUT2D eigenvalue weighted by molar-refractivity contribution is 5.23. The van der Waals surface area contributed by atoms with Crippen LogP contribution >= 0.6 is 0 Å². The summed E-state index contributed by atoms with van der Waals surface area (Å²) in [5.74, 6) is 0. The summed E-state index contributed by atoms with van der Waals surface area (Å²) < 4.78 is 0. The SMILES string of the molecule is CCCNC(CC)c1cc(C)nc(C)c1. The molecule has 0 saturated carbocycles. The molecule has 1 rings (SSSR count). The molecule has 1 atom stereocenters. The maximum Gasteiger partial charge on any atom is 0.0379 e. The number of aryl methyl sites for hydroxylation is 2. The average Bonchev–Trinajstić information content (AvgIpc) is 2.17. The number of pyridine rings is 1. The van der Waals surface area contributed by atoms with Crippen molar-refractivity contribution in [2.45, 2.75) is 46.6 Å². The van der Waals surface area contributed by atoms with Gasteiger partial charge in [0.25, 0.3) is 0 Å². The molecule has 0 saturated heterocycles. The maximum atomic E-state index is 4.40. The van der Waals surface area contributed by atoms with E-state index in [1.54, 1.807) is 0 Å². The second-order valence-electron chi connectivity index (χ2n) is 4.10. The Kier molecular flexibility index (Phi) is 4.76. The largest absolute Gasteiger partial charge is 0.310 e. The van der Waals surface area contributed by atoms with Crippen LogP contribution in [0.1, 0.15) is 49.7 Å². The number of hydrogen-bond donors (Lipinski definition) is 1. The second kappa shape index (κ2) is 5.86. The predicted molar refractivity (Wildman–Crippen MR) is 65.0 cm³/mol. The highest BCUT2D eigenvalue weighted by Crippen LogP contribution is 2.17. The van der Waals surface area contributed by atoms with Crippen LogP contribution in [-0.4, -0.2) is 11.5 Å². The minimum absolute atomic E-state index is 0.477. The van der Waals surface area contributed by atoms with Gasteiger partial charge in [0, 0.05) is 17.4 Å². The molecule has 1 aromatic heterocycles. The topological polar surface area (TPSA) is 24.9 Å². The lowest BCUT2D eigenvalue weighted by atomic mass is 10.0. The molecule has 0 amide bonds. The van der Waals surface area contributed by atoms with Gasteiger partial charge in [-0.15, -0.1) is 0 Å². The van der Waals surface area contributed by atoms with E-state index in [4.69, 9.17) is 0 Å². The number of nitrogens with one attached hydrogen (secondary N) is 1. The Morgan fingerprint density at radius 2 is 1.80 bits per heavy atom. The lowest BCUT2D eigenvalue weighted by molar-refractivity contribution is 0.517. The Morgan fingerprint density at radius 3 is 2.27 bits per heavy atom. The Labute approximate surface area is 93.1 Å². The van der Waals surface area contributed by atoms with Crippen molar-refractivity contribution in [3.05, 3.63) is 29.1 Å². The van der Waals surface area contributed by atoms with Gasteiger partial charge in [-0.05, 0) is 50.9 Å². The van der Waals surface area contributed by atoms with E-state index < -0.39 is 0 Å². The van der Waals surface area contributed by atoms with E-state index in [2.05, 4.69) is 50.1 Å². The summed E-state index contributed by atoms with van der Waals surface area (Å²) in [5.41, 5.74) is 3.60. The zero-order chi connectivity index (χ0) is 11.3. The minimum atomic E-state index is 0.477. The van der Waals surface area contributed by atoms with Gasteiger partial charge in [-0.2, -0.15) is 0 Å². The molecule has 84 valence electrons. The predicted octanol–water partition coefficient (Wildman–Crippen LogP) is 3.15. The van der Waals surface area contributed by atoms with Crippen molar-refractivity contribution in [1.82, 2.24) is 10.3 Å².